The molecule has 0 aliphatic rings. The van der Waals surface area contributed by atoms with E-state index in [1.807, 2.05) is 12.5 Å². The second-order valence-corrected chi connectivity index (χ2v) is 13.8. The first-order valence-corrected chi connectivity index (χ1v) is 23.0. The van der Waals surface area contributed by atoms with Gasteiger partial charge in [-0.3, -0.25) is 24.0 Å². The van der Waals surface area contributed by atoms with Crippen molar-refractivity contribution in [1.82, 2.24) is 21.3 Å². The van der Waals surface area contributed by atoms with Gasteiger partial charge in [0.2, 0.25) is 23.6 Å². The molecule has 1 unspecified atom stereocenters. The van der Waals surface area contributed by atoms with Crippen LogP contribution in [-0.2, 0) is 85.6 Å². The highest BCUT2D eigenvalue weighted by Crippen LogP contribution is 1.99. The predicted molar refractivity (Wildman–Crippen MR) is 235 cm³/mol. The smallest absolute Gasteiger partial charge is 0.326 e. The third kappa shape index (κ3) is 54.9. The molecule has 65 heavy (non-hydrogen) atoms. The summed E-state index contributed by atoms with van der Waals surface area (Å²) in [4.78, 5) is 67.3. The molecule has 0 aliphatic heterocycles. The number of carboxylic acid groups (broad SMARTS) is 2. The van der Waals surface area contributed by atoms with Gasteiger partial charge in [-0.15, -0.1) is 0 Å². The Bertz CT molecular complexity index is 1170. The fourth-order valence-corrected chi connectivity index (χ4v) is 4.25. The number of ether oxygens (including phenoxy) is 12. The van der Waals surface area contributed by atoms with Gasteiger partial charge in [-0.2, -0.15) is 11.8 Å². The van der Waals surface area contributed by atoms with Gasteiger partial charge in [-0.25, -0.2) is 4.79 Å². The van der Waals surface area contributed by atoms with E-state index >= 15 is 0 Å². The Balaban J connectivity index is 0. The lowest BCUT2D eigenvalue weighted by atomic mass is 10.1. The van der Waals surface area contributed by atoms with E-state index in [0.29, 0.717) is 152 Å². The van der Waals surface area contributed by atoms with Crippen molar-refractivity contribution in [3.05, 3.63) is 0 Å². The lowest BCUT2D eigenvalue weighted by Crippen LogP contribution is -2.42. The summed E-state index contributed by atoms with van der Waals surface area (Å²) < 4.78 is 65.1. The van der Waals surface area contributed by atoms with E-state index in [2.05, 4.69) is 21.3 Å². The van der Waals surface area contributed by atoms with Crippen LogP contribution in [0.4, 0.5) is 0 Å². The minimum Gasteiger partial charge on any atom is -0.481 e. The minimum absolute atomic E-state index is 0.0562. The first kappa shape index (κ1) is 63.8. The van der Waals surface area contributed by atoms with Crippen LogP contribution in [0.15, 0.2) is 0 Å². The van der Waals surface area contributed by atoms with Crippen LogP contribution in [0, 0.1) is 0 Å². The van der Waals surface area contributed by atoms with Crippen molar-refractivity contribution in [1.29, 1.82) is 0 Å². The molecule has 0 aromatic carbocycles. The van der Waals surface area contributed by atoms with Crippen LogP contribution in [0.2, 0.25) is 0 Å². The average Bonchev–Trinajstić information content (AvgIpc) is 3.27. The number of nitrogens with one attached hydrogen (secondary N) is 4. The van der Waals surface area contributed by atoms with E-state index in [-0.39, 0.29) is 57.4 Å². The van der Waals surface area contributed by atoms with E-state index in [9.17, 15) is 28.8 Å². The summed E-state index contributed by atoms with van der Waals surface area (Å²) in [5, 5.41) is 27.3. The molecule has 0 saturated carbocycles. The molecular weight excluding hydrogens is 889 g/mol. The van der Waals surface area contributed by atoms with Crippen molar-refractivity contribution >= 4 is 47.3 Å². The first-order valence-electron chi connectivity index (χ1n) is 21.4. The fraction of sp³-hybridized carbons (Fsp3) is 0.850. The molecule has 25 heteroatoms. The molecule has 4 amide bonds. The van der Waals surface area contributed by atoms with Crippen LogP contribution in [-0.4, -0.2) is 243 Å². The molecule has 0 spiro atoms. The fourth-order valence-electron chi connectivity index (χ4n) is 4.25. The van der Waals surface area contributed by atoms with Gasteiger partial charge in [0.15, 0.2) is 0 Å². The van der Waals surface area contributed by atoms with Gasteiger partial charge in [0.05, 0.1) is 172 Å². The summed E-state index contributed by atoms with van der Waals surface area (Å²) in [6, 6.07) is -1.26. The van der Waals surface area contributed by atoms with E-state index in [0.717, 1.165) is 0 Å². The van der Waals surface area contributed by atoms with Crippen molar-refractivity contribution in [3.8, 4) is 0 Å². The maximum Gasteiger partial charge on any atom is 0.326 e. The van der Waals surface area contributed by atoms with Crippen LogP contribution in [0.1, 0.15) is 26.2 Å². The molecule has 0 fully saturated rings. The third-order valence-corrected chi connectivity index (χ3v) is 7.36. The number of carbonyl (C=O) groups is 6. The highest BCUT2D eigenvalue weighted by atomic mass is 32.2. The van der Waals surface area contributed by atoms with Crippen LogP contribution < -0.4 is 21.3 Å². The first-order chi connectivity index (χ1) is 31.5. The summed E-state index contributed by atoms with van der Waals surface area (Å²) in [5.74, 6) is -4.10. The molecule has 0 rings (SSSR count). The lowest BCUT2D eigenvalue weighted by Gasteiger charge is -2.13. The molecule has 382 valence electrons. The molecule has 0 bridgehead atoms. The van der Waals surface area contributed by atoms with Crippen molar-refractivity contribution in [3.63, 3.8) is 0 Å². The zero-order valence-corrected chi connectivity index (χ0v) is 39.3. The van der Waals surface area contributed by atoms with Gasteiger partial charge in [0, 0.05) is 26.3 Å². The molecule has 0 aromatic rings. The standard InChI is InChI=1S/C38H70N4O20.C2H6S/c1-32(43)40-30-36(46)41-31-35(45)39-5-7-52-9-11-54-13-15-56-17-19-58-21-23-60-25-27-62-29-28-61-26-24-59-22-20-57-18-16-55-14-12-53-10-8-51-6-4-34(44)42-33(38(49)50)2-3-37(47)48;1-3-2/h33H,2-31H2,1H3,(H,39,45)(H,40,43)(H,41,46)(H,42,44)(H,47,48)(H,49,50);1-2H3. The largest absolute Gasteiger partial charge is 0.481 e. The highest BCUT2D eigenvalue weighted by Gasteiger charge is 2.20. The summed E-state index contributed by atoms with van der Waals surface area (Å²) >= 11 is 1.75. The Labute approximate surface area is 386 Å². The number of carboxylic acids is 2. The zero-order chi connectivity index (χ0) is 48.3. The van der Waals surface area contributed by atoms with Gasteiger partial charge < -0.3 is 88.3 Å². The number of aliphatic carboxylic acids is 2. The predicted octanol–water partition coefficient (Wildman–Crippen LogP) is -1.64. The minimum atomic E-state index is -1.29. The van der Waals surface area contributed by atoms with Crippen molar-refractivity contribution in [2.24, 2.45) is 0 Å². The highest BCUT2D eigenvalue weighted by molar-refractivity contribution is 7.97. The number of thioether (sulfide) groups is 1. The lowest BCUT2D eigenvalue weighted by molar-refractivity contribution is -0.143. The van der Waals surface area contributed by atoms with Gasteiger partial charge in [0.25, 0.3) is 0 Å². The topological polar surface area (TPSA) is 302 Å². The molecule has 0 heterocycles. The molecule has 6 N–H and O–H groups in total. The summed E-state index contributed by atoms with van der Waals surface area (Å²) in [5.41, 5.74) is 0. The summed E-state index contributed by atoms with van der Waals surface area (Å²) in [6.45, 7) is 10.5. The molecule has 0 aromatic heterocycles. The Morgan fingerprint density at radius 1 is 0.415 bits per heavy atom. The summed E-state index contributed by atoms with van der Waals surface area (Å²) in [6.07, 6.45) is 3.47. The molecular formula is C40H76N4O20S. The maximum absolute atomic E-state index is 11.8. The number of amides is 4. The van der Waals surface area contributed by atoms with Crippen LogP contribution in [0.5, 0.6) is 0 Å². The monoisotopic (exact) mass is 964 g/mol. The molecule has 0 radical (unpaired) electrons. The van der Waals surface area contributed by atoms with Crippen molar-refractivity contribution < 1.29 is 95.8 Å². The third-order valence-electron chi connectivity index (χ3n) is 7.36. The molecule has 1 atom stereocenters. The molecule has 24 nitrogen and oxygen atoms in total. The molecule has 0 saturated heterocycles. The van der Waals surface area contributed by atoms with Crippen LogP contribution >= 0.6 is 11.8 Å². The quantitative estimate of drug-likeness (QED) is 0.0373. The van der Waals surface area contributed by atoms with Crippen LogP contribution in [0.25, 0.3) is 0 Å². The summed E-state index contributed by atoms with van der Waals surface area (Å²) in [7, 11) is 0. The van der Waals surface area contributed by atoms with E-state index in [4.69, 9.17) is 67.1 Å². The normalized spacial score (nSPS) is 11.3. The van der Waals surface area contributed by atoms with Crippen molar-refractivity contribution in [2.75, 3.05) is 191 Å². The maximum atomic E-state index is 11.8. The number of carbonyl (C=O) groups excluding carboxylic acids is 4. The average molecular weight is 965 g/mol. The van der Waals surface area contributed by atoms with Gasteiger partial charge in [-0.05, 0) is 18.9 Å². The number of hydrogen-bond donors (Lipinski definition) is 6. The van der Waals surface area contributed by atoms with Gasteiger partial charge in [0.1, 0.15) is 6.04 Å². The number of hydrogen-bond acceptors (Lipinski definition) is 19. The van der Waals surface area contributed by atoms with Crippen molar-refractivity contribution in [2.45, 2.75) is 32.2 Å². The molecule has 0 aliphatic carbocycles. The Kier molecular flexibility index (Phi) is 50.7. The number of rotatable bonds is 48. The van der Waals surface area contributed by atoms with Crippen LogP contribution in [0.3, 0.4) is 0 Å². The Morgan fingerprint density at radius 3 is 1.02 bits per heavy atom. The SMILES string of the molecule is CC(=O)NCC(=O)NCC(=O)NCCOCCOCCOCCOCCOCCOCCOCCOCCOCCOCCOCCOCCC(=O)NC(CCC(=O)O)C(=O)O.CSC. The second kappa shape index (κ2) is 51.7. The van der Waals surface area contributed by atoms with Gasteiger partial charge >= 0.3 is 11.9 Å². The van der Waals surface area contributed by atoms with E-state index < -0.39 is 29.8 Å². The second-order valence-electron chi connectivity index (χ2n) is 12.9. The zero-order valence-electron chi connectivity index (χ0n) is 38.4. The Morgan fingerprint density at radius 2 is 0.708 bits per heavy atom. The van der Waals surface area contributed by atoms with E-state index in [1.54, 1.807) is 11.8 Å². The van der Waals surface area contributed by atoms with Gasteiger partial charge in [-0.1, -0.05) is 0 Å². The Hall–Kier alpha value is -3.31. The van der Waals surface area contributed by atoms with E-state index in [1.165, 1.54) is 6.92 Å².